The predicted molar refractivity (Wildman–Crippen MR) is 70.2 cm³/mol. The standard InChI is InChI=1S/C13H11F2NO3S/c1-19-13-5-3-2-4-12(13)16-20(17,18)11-7-9(14)6-10(15)8-11/h2-8,16H,1H3. The molecule has 0 radical (unpaired) electrons. The molecule has 1 N–H and O–H groups in total. The highest BCUT2D eigenvalue weighted by Crippen LogP contribution is 2.26. The molecule has 20 heavy (non-hydrogen) atoms. The van der Waals surface area contributed by atoms with Crippen molar-refractivity contribution in [2.24, 2.45) is 0 Å². The number of hydrogen-bond donors (Lipinski definition) is 1. The van der Waals surface area contributed by atoms with Crippen LogP contribution in [0.5, 0.6) is 5.75 Å². The van der Waals surface area contributed by atoms with Crippen LogP contribution >= 0.6 is 0 Å². The summed E-state index contributed by atoms with van der Waals surface area (Å²) in [4.78, 5) is -0.499. The summed E-state index contributed by atoms with van der Waals surface area (Å²) in [7, 11) is -2.72. The van der Waals surface area contributed by atoms with Gasteiger partial charge in [-0.25, -0.2) is 17.2 Å². The molecule has 0 fully saturated rings. The first-order chi connectivity index (χ1) is 9.42. The third-order valence-corrected chi connectivity index (χ3v) is 3.84. The van der Waals surface area contributed by atoms with E-state index in [-0.39, 0.29) is 5.69 Å². The van der Waals surface area contributed by atoms with Crippen molar-refractivity contribution < 1.29 is 21.9 Å². The van der Waals surface area contributed by atoms with Gasteiger partial charge in [-0.3, -0.25) is 4.72 Å². The van der Waals surface area contributed by atoms with Crippen LogP contribution in [0.1, 0.15) is 0 Å². The number of benzene rings is 2. The molecule has 2 aromatic carbocycles. The Bertz CT molecular complexity index is 712. The summed E-state index contributed by atoms with van der Waals surface area (Å²) < 4.78 is 57.5. The van der Waals surface area contributed by atoms with Crippen molar-refractivity contribution in [1.29, 1.82) is 0 Å². The van der Waals surface area contributed by atoms with E-state index in [0.29, 0.717) is 11.8 Å². The molecule has 0 aliphatic carbocycles. The average Bonchev–Trinajstić information content (AvgIpc) is 2.38. The van der Waals surface area contributed by atoms with E-state index in [9.17, 15) is 17.2 Å². The van der Waals surface area contributed by atoms with Gasteiger partial charge in [0.05, 0.1) is 17.7 Å². The van der Waals surface area contributed by atoms with E-state index in [2.05, 4.69) is 4.72 Å². The minimum absolute atomic E-state index is 0.180. The van der Waals surface area contributed by atoms with Crippen LogP contribution in [0.15, 0.2) is 47.4 Å². The van der Waals surface area contributed by atoms with Gasteiger partial charge in [-0.15, -0.1) is 0 Å². The van der Waals surface area contributed by atoms with Crippen LogP contribution in [-0.4, -0.2) is 15.5 Å². The SMILES string of the molecule is COc1ccccc1NS(=O)(=O)c1cc(F)cc(F)c1. The summed E-state index contributed by atoms with van der Waals surface area (Å²) in [5.41, 5.74) is 0.180. The number of methoxy groups -OCH3 is 1. The van der Waals surface area contributed by atoms with Gasteiger partial charge in [0.2, 0.25) is 0 Å². The largest absolute Gasteiger partial charge is 0.495 e. The molecular formula is C13H11F2NO3S. The minimum atomic E-state index is -4.10. The number of sulfonamides is 1. The zero-order valence-corrected chi connectivity index (χ0v) is 11.2. The quantitative estimate of drug-likeness (QED) is 0.944. The van der Waals surface area contributed by atoms with Crippen LogP contribution in [0.4, 0.5) is 14.5 Å². The Morgan fingerprint density at radius 2 is 1.65 bits per heavy atom. The maximum absolute atomic E-state index is 13.1. The van der Waals surface area contributed by atoms with E-state index in [1.165, 1.54) is 13.2 Å². The van der Waals surface area contributed by atoms with Gasteiger partial charge in [0, 0.05) is 6.07 Å². The second kappa shape index (κ2) is 5.46. The number of ether oxygens (including phenoxy) is 1. The summed E-state index contributed by atoms with van der Waals surface area (Å²) in [6.45, 7) is 0. The highest BCUT2D eigenvalue weighted by atomic mass is 32.2. The van der Waals surface area contributed by atoms with Crippen molar-refractivity contribution in [3.05, 3.63) is 54.1 Å². The number of nitrogens with one attached hydrogen (secondary N) is 1. The molecule has 0 spiro atoms. The molecule has 4 nitrogen and oxygen atoms in total. The molecule has 0 saturated heterocycles. The van der Waals surface area contributed by atoms with E-state index < -0.39 is 26.6 Å². The summed E-state index contributed by atoms with van der Waals surface area (Å²) in [6.07, 6.45) is 0. The summed E-state index contributed by atoms with van der Waals surface area (Å²) >= 11 is 0. The Hall–Kier alpha value is -2.15. The third kappa shape index (κ3) is 3.05. The van der Waals surface area contributed by atoms with Crippen LogP contribution in [0.3, 0.4) is 0 Å². The van der Waals surface area contributed by atoms with E-state index >= 15 is 0 Å². The van der Waals surface area contributed by atoms with Crippen LogP contribution in [0.2, 0.25) is 0 Å². The highest BCUT2D eigenvalue weighted by Gasteiger charge is 2.18. The maximum atomic E-state index is 13.1. The van der Waals surface area contributed by atoms with Gasteiger partial charge in [0.15, 0.2) is 0 Å². The maximum Gasteiger partial charge on any atom is 0.262 e. The topological polar surface area (TPSA) is 55.4 Å². The number of halogens is 2. The molecule has 0 heterocycles. The fourth-order valence-corrected chi connectivity index (χ4v) is 2.73. The number of hydrogen-bond acceptors (Lipinski definition) is 3. The number of rotatable bonds is 4. The summed E-state index contributed by atoms with van der Waals surface area (Å²) in [6, 6.07) is 8.38. The fourth-order valence-electron chi connectivity index (χ4n) is 1.62. The van der Waals surface area contributed by atoms with Gasteiger partial charge in [0.1, 0.15) is 17.4 Å². The van der Waals surface area contributed by atoms with Gasteiger partial charge in [-0.2, -0.15) is 0 Å². The molecule has 0 unspecified atom stereocenters. The normalized spacial score (nSPS) is 11.2. The molecule has 106 valence electrons. The zero-order valence-electron chi connectivity index (χ0n) is 10.4. The van der Waals surface area contributed by atoms with Crippen molar-refractivity contribution >= 4 is 15.7 Å². The Morgan fingerprint density at radius 1 is 1.05 bits per heavy atom. The first-order valence-electron chi connectivity index (χ1n) is 5.54. The lowest BCUT2D eigenvalue weighted by Crippen LogP contribution is -2.14. The molecule has 2 rings (SSSR count). The van der Waals surface area contributed by atoms with Gasteiger partial charge < -0.3 is 4.74 Å². The van der Waals surface area contributed by atoms with E-state index in [4.69, 9.17) is 4.74 Å². The van der Waals surface area contributed by atoms with Crippen molar-refractivity contribution in [1.82, 2.24) is 0 Å². The van der Waals surface area contributed by atoms with Gasteiger partial charge in [0.25, 0.3) is 10.0 Å². The molecule has 0 saturated carbocycles. The molecule has 0 bridgehead atoms. The predicted octanol–water partition coefficient (Wildman–Crippen LogP) is 2.77. The first-order valence-corrected chi connectivity index (χ1v) is 7.02. The van der Waals surface area contributed by atoms with Crippen LogP contribution in [-0.2, 0) is 10.0 Å². The monoisotopic (exact) mass is 299 g/mol. The third-order valence-electron chi connectivity index (χ3n) is 2.50. The second-order valence-electron chi connectivity index (χ2n) is 3.91. The highest BCUT2D eigenvalue weighted by molar-refractivity contribution is 7.92. The van der Waals surface area contributed by atoms with Crippen LogP contribution in [0, 0.1) is 11.6 Å². The molecule has 0 aromatic heterocycles. The Labute approximate surface area is 115 Å². The lowest BCUT2D eigenvalue weighted by Gasteiger charge is -2.11. The van der Waals surface area contributed by atoms with Crippen LogP contribution in [0.25, 0.3) is 0 Å². The smallest absolute Gasteiger partial charge is 0.262 e. The van der Waals surface area contributed by atoms with Crippen molar-refractivity contribution in [3.8, 4) is 5.75 Å². The zero-order chi connectivity index (χ0) is 14.8. The number of anilines is 1. The molecule has 2 aromatic rings. The molecule has 0 atom stereocenters. The molecular weight excluding hydrogens is 288 g/mol. The van der Waals surface area contributed by atoms with Crippen molar-refractivity contribution in [2.45, 2.75) is 4.90 Å². The van der Waals surface area contributed by atoms with Crippen LogP contribution < -0.4 is 9.46 Å². The summed E-state index contributed by atoms with van der Waals surface area (Å²) in [5, 5.41) is 0. The first kappa shape index (κ1) is 14.3. The van der Waals surface area contributed by atoms with E-state index in [1.54, 1.807) is 18.2 Å². The fraction of sp³-hybridized carbons (Fsp3) is 0.0769. The molecule has 0 amide bonds. The van der Waals surface area contributed by atoms with Gasteiger partial charge in [-0.1, -0.05) is 12.1 Å². The number of para-hydroxylation sites is 2. The Balaban J connectivity index is 2.41. The molecule has 7 heteroatoms. The second-order valence-corrected chi connectivity index (χ2v) is 5.59. The lowest BCUT2D eigenvalue weighted by molar-refractivity contribution is 0.417. The lowest BCUT2D eigenvalue weighted by atomic mass is 10.3. The Kier molecular flexibility index (Phi) is 3.89. The van der Waals surface area contributed by atoms with Gasteiger partial charge in [-0.05, 0) is 24.3 Å². The molecule has 0 aliphatic heterocycles. The Morgan fingerprint density at radius 3 is 2.25 bits per heavy atom. The van der Waals surface area contributed by atoms with E-state index in [0.717, 1.165) is 12.1 Å². The van der Waals surface area contributed by atoms with Gasteiger partial charge >= 0.3 is 0 Å². The minimum Gasteiger partial charge on any atom is -0.495 e. The van der Waals surface area contributed by atoms with Crippen molar-refractivity contribution in [2.75, 3.05) is 11.8 Å². The average molecular weight is 299 g/mol. The van der Waals surface area contributed by atoms with Crippen molar-refractivity contribution in [3.63, 3.8) is 0 Å². The summed E-state index contributed by atoms with van der Waals surface area (Å²) in [5.74, 6) is -1.64. The van der Waals surface area contributed by atoms with E-state index in [1.807, 2.05) is 0 Å². The molecule has 0 aliphatic rings.